The van der Waals surface area contributed by atoms with Crippen LogP contribution in [0, 0.1) is 21.4 Å². The van der Waals surface area contributed by atoms with Crippen LogP contribution in [0.2, 0.25) is 0 Å². The van der Waals surface area contributed by atoms with Crippen molar-refractivity contribution in [2.24, 2.45) is 0 Å². The molecule has 0 saturated carbocycles. The molecule has 0 atom stereocenters. The fourth-order valence-corrected chi connectivity index (χ4v) is 4.38. The van der Waals surface area contributed by atoms with Crippen LogP contribution < -0.4 is 15.0 Å². The van der Waals surface area contributed by atoms with Crippen molar-refractivity contribution in [1.29, 1.82) is 5.26 Å². The number of aromatic nitrogens is 2. The molecule has 2 heterocycles. The molecule has 0 spiro atoms. The van der Waals surface area contributed by atoms with Crippen LogP contribution in [0.5, 0.6) is 5.75 Å². The highest BCUT2D eigenvalue weighted by atomic mass is 32.1. The minimum absolute atomic E-state index is 0.00444. The Balaban J connectivity index is 1.37. The lowest BCUT2D eigenvalue weighted by atomic mass is 10.1. The van der Waals surface area contributed by atoms with Crippen LogP contribution in [0.25, 0.3) is 6.08 Å². The molecule has 1 saturated heterocycles. The fourth-order valence-electron chi connectivity index (χ4n) is 3.59. The van der Waals surface area contributed by atoms with Gasteiger partial charge in [-0.2, -0.15) is 5.26 Å². The summed E-state index contributed by atoms with van der Waals surface area (Å²) in [6.45, 7) is 1.89. The van der Waals surface area contributed by atoms with Crippen molar-refractivity contribution in [3.8, 4) is 11.8 Å². The zero-order valence-electron chi connectivity index (χ0n) is 18.7. The number of piperidine rings is 1. The second kappa shape index (κ2) is 11.2. The molecule has 1 aliphatic heterocycles. The maximum Gasteiger partial charge on any atom is 0.276 e. The molecule has 0 bridgehead atoms. The molecule has 1 fully saturated rings. The van der Waals surface area contributed by atoms with Gasteiger partial charge >= 0.3 is 0 Å². The number of nitrogens with zero attached hydrogens (tertiary/aromatic N) is 5. The Morgan fingerprint density at radius 2 is 1.91 bits per heavy atom. The van der Waals surface area contributed by atoms with Gasteiger partial charge in [0.1, 0.15) is 24.0 Å². The lowest BCUT2D eigenvalue weighted by Crippen LogP contribution is -2.29. The van der Waals surface area contributed by atoms with Gasteiger partial charge in [0, 0.05) is 19.2 Å². The lowest BCUT2D eigenvalue weighted by Gasteiger charge is -2.25. The van der Waals surface area contributed by atoms with Gasteiger partial charge in [-0.1, -0.05) is 35.6 Å². The number of nitro groups is 1. The molecule has 4 rings (SSSR count). The summed E-state index contributed by atoms with van der Waals surface area (Å²) in [4.78, 5) is 25.4. The number of amides is 1. The molecule has 3 aromatic rings. The van der Waals surface area contributed by atoms with Gasteiger partial charge in [0.25, 0.3) is 11.6 Å². The van der Waals surface area contributed by atoms with E-state index in [1.807, 2.05) is 6.07 Å². The molecular formula is C24H22N6O4S. The molecule has 0 aliphatic carbocycles. The quantitative estimate of drug-likeness (QED) is 0.210. The minimum Gasteiger partial charge on any atom is -0.489 e. The first-order valence-electron chi connectivity index (χ1n) is 11.0. The smallest absolute Gasteiger partial charge is 0.276 e. The second-order valence-corrected chi connectivity index (χ2v) is 8.76. The van der Waals surface area contributed by atoms with Crippen molar-refractivity contribution < 1.29 is 14.5 Å². The maximum absolute atomic E-state index is 12.6. The molecule has 1 aromatic heterocycles. The molecule has 1 N–H and O–H groups in total. The summed E-state index contributed by atoms with van der Waals surface area (Å²) in [7, 11) is 0. The first kappa shape index (κ1) is 23.8. The summed E-state index contributed by atoms with van der Waals surface area (Å²) >= 11 is 1.29. The number of carbonyl (C=O) groups is 1. The van der Waals surface area contributed by atoms with Crippen molar-refractivity contribution in [2.75, 3.05) is 23.3 Å². The van der Waals surface area contributed by atoms with E-state index in [1.54, 1.807) is 42.5 Å². The van der Waals surface area contributed by atoms with E-state index in [0.717, 1.165) is 31.1 Å². The average molecular weight is 491 g/mol. The molecular weight excluding hydrogens is 468 g/mol. The Bertz CT molecular complexity index is 1280. The number of nitro benzene ring substituents is 1. The number of rotatable bonds is 8. The molecule has 10 nitrogen and oxygen atoms in total. The third-order valence-corrected chi connectivity index (χ3v) is 6.30. The number of benzene rings is 2. The van der Waals surface area contributed by atoms with Gasteiger partial charge in [0.2, 0.25) is 10.3 Å². The summed E-state index contributed by atoms with van der Waals surface area (Å²) in [6.07, 6.45) is 4.89. The largest absolute Gasteiger partial charge is 0.489 e. The topological polar surface area (TPSA) is 134 Å². The molecule has 11 heteroatoms. The number of carbonyl (C=O) groups excluding carboxylic acids is 1. The SMILES string of the molecule is N#C/C(=C/c1ccc(OCc2ccccc2[N+](=O)[O-])cc1)C(=O)Nc1nnc(N2CCCCC2)s1. The van der Waals surface area contributed by atoms with E-state index in [4.69, 9.17) is 4.74 Å². The Kier molecular flexibility index (Phi) is 7.64. The predicted molar refractivity (Wildman–Crippen MR) is 132 cm³/mol. The number of ether oxygens (including phenoxy) is 1. The van der Waals surface area contributed by atoms with Crippen LogP contribution in [0.4, 0.5) is 16.0 Å². The summed E-state index contributed by atoms with van der Waals surface area (Å²) < 4.78 is 5.66. The summed E-state index contributed by atoms with van der Waals surface area (Å²) in [5, 5.41) is 32.5. The zero-order chi connectivity index (χ0) is 24.6. The van der Waals surface area contributed by atoms with E-state index in [-0.39, 0.29) is 17.9 Å². The van der Waals surface area contributed by atoms with Gasteiger partial charge in [-0.25, -0.2) is 0 Å². The fraction of sp³-hybridized carbons (Fsp3) is 0.250. The molecule has 0 unspecified atom stereocenters. The predicted octanol–water partition coefficient (Wildman–Crippen LogP) is 4.56. The van der Waals surface area contributed by atoms with E-state index in [1.165, 1.54) is 29.9 Å². The van der Waals surface area contributed by atoms with Crippen LogP contribution in [-0.2, 0) is 11.4 Å². The van der Waals surface area contributed by atoms with Crippen LogP contribution in [-0.4, -0.2) is 34.1 Å². The third kappa shape index (κ3) is 6.18. The summed E-state index contributed by atoms with van der Waals surface area (Å²) in [6, 6.07) is 15.0. The van der Waals surface area contributed by atoms with E-state index in [0.29, 0.717) is 22.0 Å². The first-order chi connectivity index (χ1) is 17.0. The van der Waals surface area contributed by atoms with Crippen LogP contribution >= 0.6 is 11.3 Å². The Morgan fingerprint density at radius 1 is 1.17 bits per heavy atom. The molecule has 35 heavy (non-hydrogen) atoms. The average Bonchev–Trinajstić information content (AvgIpc) is 3.35. The van der Waals surface area contributed by atoms with Crippen molar-refractivity contribution in [1.82, 2.24) is 10.2 Å². The number of nitriles is 1. The molecule has 178 valence electrons. The van der Waals surface area contributed by atoms with Crippen LogP contribution in [0.1, 0.15) is 30.4 Å². The summed E-state index contributed by atoms with van der Waals surface area (Å²) in [5.41, 5.74) is 1.01. The first-order valence-corrected chi connectivity index (χ1v) is 11.8. The van der Waals surface area contributed by atoms with Crippen molar-refractivity contribution in [3.05, 3.63) is 75.3 Å². The molecule has 1 aliphatic rings. The van der Waals surface area contributed by atoms with E-state index in [9.17, 15) is 20.2 Å². The van der Waals surface area contributed by atoms with Crippen molar-refractivity contribution >= 4 is 39.3 Å². The molecule has 1 amide bonds. The number of hydrogen-bond donors (Lipinski definition) is 1. The minimum atomic E-state index is -0.564. The van der Waals surface area contributed by atoms with Crippen molar-refractivity contribution in [2.45, 2.75) is 25.9 Å². The number of hydrogen-bond acceptors (Lipinski definition) is 9. The third-order valence-electron chi connectivity index (χ3n) is 5.40. The number of anilines is 2. The van der Waals surface area contributed by atoms with Crippen LogP contribution in [0.15, 0.2) is 54.1 Å². The highest BCUT2D eigenvalue weighted by Crippen LogP contribution is 2.27. The van der Waals surface area contributed by atoms with Gasteiger partial charge in [0.15, 0.2) is 0 Å². The van der Waals surface area contributed by atoms with E-state index < -0.39 is 10.8 Å². The Hall–Kier alpha value is -4.30. The van der Waals surface area contributed by atoms with Gasteiger partial charge in [-0.15, -0.1) is 10.2 Å². The number of para-hydroxylation sites is 1. The highest BCUT2D eigenvalue weighted by molar-refractivity contribution is 7.19. The van der Waals surface area contributed by atoms with Gasteiger partial charge in [-0.3, -0.25) is 20.2 Å². The lowest BCUT2D eigenvalue weighted by molar-refractivity contribution is -0.385. The Labute approximate surface area is 205 Å². The second-order valence-electron chi connectivity index (χ2n) is 7.80. The summed E-state index contributed by atoms with van der Waals surface area (Å²) in [5.74, 6) is -0.0621. The molecule has 0 radical (unpaired) electrons. The van der Waals surface area contributed by atoms with E-state index >= 15 is 0 Å². The monoisotopic (exact) mass is 490 g/mol. The van der Waals surface area contributed by atoms with E-state index in [2.05, 4.69) is 20.4 Å². The van der Waals surface area contributed by atoms with Crippen molar-refractivity contribution in [3.63, 3.8) is 0 Å². The van der Waals surface area contributed by atoms with Gasteiger partial charge in [-0.05, 0) is 49.1 Å². The maximum atomic E-state index is 12.6. The van der Waals surface area contributed by atoms with Gasteiger partial charge < -0.3 is 9.64 Å². The standard InChI is InChI=1S/C24H22N6O4S/c25-15-19(22(31)26-23-27-28-24(35-23)29-12-4-1-5-13-29)14-17-8-10-20(11-9-17)34-16-18-6-2-3-7-21(18)30(32)33/h2-3,6-11,14H,1,4-5,12-13,16H2,(H,26,27,31)/b19-14-. The molecule has 2 aromatic carbocycles. The highest BCUT2D eigenvalue weighted by Gasteiger charge is 2.18. The normalized spacial score (nSPS) is 13.7. The number of nitrogens with one attached hydrogen (secondary N) is 1. The zero-order valence-corrected chi connectivity index (χ0v) is 19.5. The van der Waals surface area contributed by atoms with Crippen LogP contribution in [0.3, 0.4) is 0 Å². The Morgan fingerprint density at radius 3 is 2.63 bits per heavy atom. The van der Waals surface area contributed by atoms with Gasteiger partial charge in [0.05, 0.1) is 10.5 Å².